The van der Waals surface area contributed by atoms with E-state index < -0.39 is 0 Å². The first-order chi connectivity index (χ1) is 8.61. The molecule has 98 valence electrons. The molecule has 2 unspecified atom stereocenters. The highest BCUT2D eigenvalue weighted by Crippen LogP contribution is 2.15. The number of carbonyl (C=O) groups excluding carboxylic acids is 1. The van der Waals surface area contributed by atoms with Crippen LogP contribution in [-0.2, 0) is 4.74 Å². The Morgan fingerprint density at radius 1 is 1.67 bits per heavy atom. The number of nitrogens with zero attached hydrogens (tertiary/aromatic N) is 2. The van der Waals surface area contributed by atoms with Gasteiger partial charge in [-0.05, 0) is 19.1 Å². The molecule has 1 amide bonds. The molecule has 3 N–H and O–H groups in total. The molecule has 2 heterocycles. The van der Waals surface area contributed by atoms with Crippen molar-refractivity contribution in [3.63, 3.8) is 0 Å². The average molecular weight is 251 g/mol. The van der Waals surface area contributed by atoms with E-state index in [1.807, 2.05) is 6.92 Å². The van der Waals surface area contributed by atoms with Crippen LogP contribution >= 0.6 is 0 Å². The van der Waals surface area contributed by atoms with Gasteiger partial charge in [0, 0.05) is 6.54 Å². The van der Waals surface area contributed by atoms with Crippen LogP contribution in [-0.4, -0.2) is 52.8 Å². The maximum atomic E-state index is 12.3. The van der Waals surface area contributed by atoms with Gasteiger partial charge in [-0.1, -0.05) is 6.07 Å². The highest BCUT2D eigenvalue weighted by molar-refractivity contribution is 5.93. The van der Waals surface area contributed by atoms with Crippen molar-refractivity contribution in [3.05, 3.63) is 23.9 Å². The third kappa shape index (κ3) is 2.60. The number of hydrogen-bond acceptors (Lipinski definition) is 5. The number of aliphatic hydroxyl groups excluding tert-OH is 1. The quantitative estimate of drug-likeness (QED) is 0.765. The molecule has 1 fully saturated rings. The number of hydrogen-bond donors (Lipinski definition) is 2. The molecule has 0 spiro atoms. The Bertz CT molecular complexity index is 438. The molecule has 2 rings (SSSR count). The third-order valence-electron chi connectivity index (χ3n) is 2.96. The number of nitrogen functional groups attached to an aromatic ring is 1. The summed E-state index contributed by atoms with van der Waals surface area (Å²) in [6, 6.07) is 4.93. The van der Waals surface area contributed by atoms with E-state index >= 15 is 0 Å². The molecule has 6 heteroatoms. The lowest BCUT2D eigenvalue weighted by molar-refractivity contribution is -0.0668. The van der Waals surface area contributed by atoms with Crippen LogP contribution in [0.1, 0.15) is 17.4 Å². The van der Waals surface area contributed by atoms with Crippen molar-refractivity contribution in [2.75, 3.05) is 25.5 Å². The number of carbonyl (C=O) groups is 1. The highest BCUT2D eigenvalue weighted by atomic mass is 16.5. The minimum Gasteiger partial charge on any atom is -0.394 e. The predicted octanol–water partition coefficient (Wildman–Crippen LogP) is -0.114. The normalized spacial score (nSPS) is 24.0. The minimum atomic E-state index is -0.328. The SMILES string of the molecule is CC1COC(CO)CN1C(=O)c1cccc(N)n1. The van der Waals surface area contributed by atoms with Crippen LogP contribution in [0.3, 0.4) is 0 Å². The fraction of sp³-hybridized carbons (Fsp3) is 0.500. The molecule has 0 saturated carbocycles. The van der Waals surface area contributed by atoms with Crippen molar-refractivity contribution in [3.8, 4) is 0 Å². The van der Waals surface area contributed by atoms with Gasteiger partial charge in [0.25, 0.3) is 5.91 Å². The Morgan fingerprint density at radius 3 is 3.11 bits per heavy atom. The summed E-state index contributed by atoms with van der Waals surface area (Å²) < 4.78 is 5.39. The molecule has 1 aliphatic rings. The van der Waals surface area contributed by atoms with Crippen LogP contribution in [0, 0.1) is 0 Å². The fourth-order valence-electron chi connectivity index (χ4n) is 1.93. The van der Waals surface area contributed by atoms with E-state index in [9.17, 15) is 4.79 Å². The summed E-state index contributed by atoms with van der Waals surface area (Å²) in [6.07, 6.45) is -0.328. The summed E-state index contributed by atoms with van der Waals surface area (Å²) in [5.41, 5.74) is 5.89. The van der Waals surface area contributed by atoms with Gasteiger partial charge in [0.1, 0.15) is 11.5 Å². The Kier molecular flexibility index (Phi) is 3.78. The first-order valence-electron chi connectivity index (χ1n) is 5.87. The first-order valence-corrected chi connectivity index (χ1v) is 5.87. The molecule has 1 aliphatic heterocycles. The zero-order chi connectivity index (χ0) is 13.1. The Morgan fingerprint density at radius 2 is 2.44 bits per heavy atom. The van der Waals surface area contributed by atoms with Crippen LogP contribution in [0.2, 0.25) is 0 Å². The topological polar surface area (TPSA) is 88.7 Å². The fourth-order valence-corrected chi connectivity index (χ4v) is 1.93. The van der Waals surface area contributed by atoms with Gasteiger partial charge in [-0.3, -0.25) is 4.79 Å². The number of nitrogens with two attached hydrogens (primary N) is 1. The Labute approximate surface area is 105 Å². The average Bonchev–Trinajstić information content (AvgIpc) is 2.38. The monoisotopic (exact) mass is 251 g/mol. The lowest BCUT2D eigenvalue weighted by Gasteiger charge is -2.37. The number of morpholine rings is 1. The number of rotatable bonds is 2. The van der Waals surface area contributed by atoms with Crippen LogP contribution in [0.15, 0.2) is 18.2 Å². The van der Waals surface area contributed by atoms with Crippen LogP contribution in [0.4, 0.5) is 5.82 Å². The molecule has 0 aliphatic carbocycles. The molecule has 1 saturated heterocycles. The van der Waals surface area contributed by atoms with Crippen molar-refractivity contribution >= 4 is 11.7 Å². The molecule has 0 radical (unpaired) electrons. The second-order valence-electron chi connectivity index (χ2n) is 4.39. The van der Waals surface area contributed by atoms with Crippen molar-refractivity contribution in [2.45, 2.75) is 19.1 Å². The molecular formula is C12H17N3O3. The summed E-state index contributed by atoms with van der Waals surface area (Å²) >= 11 is 0. The zero-order valence-electron chi connectivity index (χ0n) is 10.2. The van der Waals surface area contributed by atoms with Crippen molar-refractivity contribution in [1.29, 1.82) is 0 Å². The number of anilines is 1. The molecule has 0 aromatic carbocycles. The van der Waals surface area contributed by atoms with E-state index in [4.69, 9.17) is 15.6 Å². The molecule has 2 atom stereocenters. The van der Waals surface area contributed by atoms with E-state index in [1.165, 1.54) is 0 Å². The van der Waals surface area contributed by atoms with Crippen molar-refractivity contribution < 1.29 is 14.6 Å². The standard InChI is InChI=1S/C12H17N3O3/c1-8-7-18-9(6-16)5-15(8)12(17)10-3-2-4-11(13)14-10/h2-4,8-9,16H,5-7H2,1H3,(H2,13,14). The van der Waals surface area contributed by atoms with Gasteiger partial charge in [-0.25, -0.2) is 4.98 Å². The summed E-state index contributed by atoms with van der Waals surface area (Å²) in [5, 5.41) is 9.09. The molecular weight excluding hydrogens is 234 g/mol. The van der Waals surface area contributed by atoms with E-state index in [0.717, 1.165) is 0 Å². The van der Waals surface area contributed by atoms with Crippen molar-refractivity contribution in [1.82, 2.24) is 9.88 Å². The smallest absolute Gasteiger partial charge is 0.272 e. The summed E-state index contributed by atoms with van der Waals surface area (Å²) in [6.45, 7) is 2.59. The van der Waals surface area contributed by atoms with Gasteiger partial charge < -0.3 is 20.5 Å². The van der Waals surface area contributed by atoms with Gasteiger partial charge in [0.05, 0.1) is 25.4 Å². The number of amides is 1. The Hall–Kier alpha value is -1.66. The zero-order valence-corrected chi connectivity index (χ0v) is 10.2. The van der Waals surface area contributed by atoms with Crippen LogP contribution in [0.25, 0.3) is 0 Å². The van der Waals surface area contributed by atoms with E-state index in [0.29, 0.717) is 24.7 Å². The third-order valence-corrected chi connectivity index (χ3v) is 2.96. The second kappa shape index (κ2) is 5.32. The van der Waals surface area contributed by atoms with E-state index in [1.54, 1.807) is 23.1 Å². The predicted molar refractivity (Wildman–Crippen MR) is 66.0 cm³/mol. The number of aromatic nitrogens is 1. The van der Waals surface area contributed by atoms with Gasteiger partial charge >= 0.3 is 0 Å². The molecule has 18 heavy (non-hydrogen) atoms. The summed E-state index contributed by atoms with van der Waals surface area (Å²) in [4.78, 5) is 18.0. The largest absolute Gasteiger partial charge is 0.394 e. The van der Waals surface area contributed by atoms with E-state index in [2.05, 4.69) is 4.98 Å². The number of pyridine rings is 1. The van der Waals surface area contributed by atoms with E-state index in [-0.39, 0.29) is 24.7 Å². The first kappa shape index (κ1) is 12.8. The van der Waals surface area contributed by atoms with Crippen molar-refractivity contribution in [2.24, 2.45) is 0 Å². The summed E-state index contributed by atoms with van der Waals surface area (Å²) in [7, 11) is 0. The number of aliphatic hydroxyl groups is 1. The number of ether oxygens (including phenoxy) is 1. The lowest BCUT2D eigenvalue weighted by Crippen LogP contribution is -2.52. The maximum absolute atomic E-state index is 12.3. The Balaban J connectivity index is 2.16. The van der Waals surface area contributed by atoms with Crippen LogP contribution in [0.5, 0.6) is 0 Å². The molecule has 1 aromatic rings. The molecule has 0 bridgehead atoms. The lowest BCUT2D eigenvalue weighted by atomic mass is 10.1. The van der Waals surface area contributed by atoms with Gasteiger partial charge in [0.15, 0.2) is 0 Å². The van der Waals surface area contributed by atoms with Gasteiger partial charge in [-0.2, -0.15) is 0 Å². The highest BCUT2D eigenvalue weighted by Gasteiger charge is 2.30. The second-order valence-corrected chi connectivity index (χ2v) is 4.39. The van der Waals surface area contributed by atoms with Gasteiger partial charge in [-0.15, -0.1) is 0 Å². The summed E-state index contributed by atoms with van der Waals surface area (Å²) in [5.74, 6) is 0.136. The molecule has 1 aromatic heterocycles. The van der Waals surface area contributed by atoms with Gasteiger partial charge in [0.2, 0.25) is 0 Å². The molecule has 6 nitrogen and oxygen atoms in total. The maximum Gasteiger partial charge on any atom is 0.272 e. The minimum absolute atomic E-state index is 0.0384. The van der Waals surface area contributed by atoms with Crippen LogP contribution < -0.4 is 5.73 Å².